The third-order valence-corrected chi connectivity index (χ3v) is 1.62. The van der Waals surface area contributed by atoms with Gasteiger partial charge in [0.15, 0.2) is 0 Å². The average Bonchev–Trinajstić information content (AvgIpc) is 2.03. The Labute approximate surface area is 75.1 Å². The maximum atomic E-state index is 10.2. The maximum absolute atomic E-state index is 10.2. The average molecular weight is 182 g/mol. The highest BCUT2D eigenvalue weighted by Crippen LogP contribution is 2.20. The molecule has 0 bridgehead atoms. The summed E-state index contributed by atoms with van der Waals surface area (Å²) in [5.41, 5.74) is 0.405. The molecule has 0 radical (unpaired) electrons. The van der Waals surface area contributed by atoms with Gasteiger partial charge in [0, 0.05) is 0 Å². The van der Waals surface area contributed by atoms with Gasteiger partial charge in [-0.3, -0.25) is 4.79 Å². The van der Waals surface area contributed by atoms with E-state index in [0.717, 1.165) is 0 Å². The fourth-order valence-corrected chi connectivity index (χ4v) is 1.02. The lowest BCUT2D eigenvalue weighted by Gasteiger charge is -2.07. The molecule has 1 rings (SSSR count). The molecule has 70 valence electrons. The van der Waals surface area contributed by atoms with E-state index in [9.17, 15) is 9.90 Å². The number of rotatable bonds is 3. The van der Waals surface area contributed by atoms with Gasteiger partial charge in [-0.1, -0.05) is 12.1 Å². The van der Waals surface area contributed by atoms with Crippen molar-refractivity contribution in [3.8, 4) is 5.75 Å². The Morgan fingerprint density at radius 2 is 2.15 bits per heavy atom. The van der Waals surface area contributed by atoms with Gasteiger partial charge in [-0.2, -0.15) is 0 Å². The summed E-state index contributed by atoms with van der Waals surface area (Å²) in [6, 6.07) is 5.91. The quantitative estimate of drug-likeness (QED) is 0.649. The fraction of sp³-hybridized carbons (Fsp3) is 0.222. The summed E-state index contributed by atoms with van der Waals surface area (Å²) in [4.78, 5) is 10.2. The number of aliphatic carboxylic acids is 1. The second kappa shape index (κ2) is 3.91. The largest absolute Gasteiger partial charge is 0.508 e. The Hall–Kier alpha value is -1.55. The fourth-order valence-electron chi connectivity index (χ4n) is 1.02. The van der Waals surface area contributed by atoms with Crippen LogP contribution in [0.1, 0.15) is 18.1 Å². The van der Waals surface area contributed by atoms with Crippen LogP contribution in [0.5, 0.6) is 5.75 Å². The number of aliphatic hydroxyl groups is 1. The number of carboxylic acid groups (broad SMARTS) is 1. The zero-order valence-corrected chi connectivity index (χ0v) is 6.84. The van der Waals surface area contributed by atoms with Gasteiger partial charge >= 0.3 is 5.97 Å². The van der Waals surface area contributed by atoms with Crippen LogP contribution in [-0.2, 0) is 4.79 Å². The molecule has 0 amide bonds. The standard InChI is InChI=1S/C9H10O4/c10-7-3-1-2-6(4-7)8(11)5-9(12)13/h1-4,8,10-11H,5H2,(H,12,13). The number of phenolic OH excluding ortho intramolecular Hbond substituents is 1. The minimum atomic E-state index is -1.07. The van der Waals surface area contributed by atoms with Crippen molar-refractivity contribution in [3.63, 3.8) is 0 Å². The summed E-state index contributed by atoms with van der Waals surface area (Å²) in [6.45, 7) is 0. The van der Waals surface area contributed by atoms with E-state index >= 15 is 0 Å². The first kappa shape index (κ1) is 9.54. The summed E-state index contributed by atoms with van der Waals surface area (Å²) in [5.74, 6) is -1.06. The van der Waals surface area contributed by atoms with Crippen molar-refractivity contribution in [3.05, 3.63) is 29.8 Å². The van der Waals surface area contributed by atoms with E-state index in [1.54, 1.807) is 12.1 Å². The van der Waals surface area contributed by atoms with Crippen molar-refractivity contribution >= 4 is 5.97 Å². The number of phenols is 1. The Morgan fingerprint density at radius 3 is 2.69 bits per heavy atom. The van der Waals surface area contributed by atoms with Crippen LogP contribution >= 0.6 is 0 Å². The molecular formula is C9H10O4. The normalized spacial score (nSPS) is 12.4. The highest BCUT2D eigenvalue weighted by molar-refractivity contribution is 5.67. The third-order valence-electron chi connectivity index (χ3n) is 1.62. The van der Waals surface area contributed by atoms with Crippen LogP contribution in [0.3, 0.4) is 0 Å². The molecule has 4 nitrogen and oxygen atoms in total. The highest BCUT2D eigenvalue weighted by Gasteiger charge is 2.11. The van der Waals surface area contributed by atoms with E-state index in [1.807, 2.05) is 0 Å². The molecule has 0 saturated carbocycles. The lowest BCUT2D eigenvalue weighted by Crippen LogP contribution is -2.04. The maximum Gasteiger partial charge on any atom is 0.306 e. The Kier molecular flexibility index (Phi) is 2.87. The first-order chi connectivity index (χ1) is 6.09. The smallest absolute Gasteiger partial charge is 0.306 e. The second-order valence-electron chi connectivity index (χ2n) is 2.71. The zero-order chi connectivity index (χ0) is 9.84. The Morgan fingerprint density at radius 1 is 1.46 bits per heavy atom. The Balaban J connectivity index is 2.76. The molecular weight excluding hydrogens is 172 g/mol. The van der Waals surface area contributed by atoms with Crippen molar-refractivity contribution in [2.24, 2.45) is 0 Å². The van der Waals surface area contributed by atoms with Crippen LogP contribution < -0.4 is 0 Å². The molecule has 0 aliphatic rings. The van der Waals surface area contributed by atoms with Gasteiger partial charge in [0.1, 0.15) is 5.75 Å². The van der Waals surface area contributed by atoms with E-state index in [4.69, 9.17) is 10.2 Å². The van der Waals surface area contributed by atoms with Crippen LogP contribution in [0, 0.1) is 0 Å². The van der Waals surface area contributed by atoms with Crippen LogP contribution in [0.4, 0.5) is 0 Å². The van der Waals surface area contributed by atoms with E-state index in [2.05, 4.69) is 0 Å². The summed E-state index contributed by atoms with van der Waals surface area (Å²) in [6.07, 6.45) is -1.42. The third kappa shape index (κ3) is 2.76. The minimum Gasteiger partial charge on any atom is -0.508 e. The first-order valence-electron chi connectivity index (χ1n) is 3.78. The predicted octanol–water partition coefficient (Wildman–Crippen LogP) is 0.900. The Bertz CT molecular complexity index is 308. The number of benzene rings is 1. The van der Waals surface area contributed by atoms with Crippen molar-refractivity contribution in [1.82, 2.24) is 0 Å². The molecule has 0 aromatic heterocycles. The van der Waals surface area contributed by atoms with Crippen LogP contribution in [0.2, 0.25) is 0 Å². The van der Waals surface area contributed by atoms with Gasteiger partial charge in [-0.25, -0.2) is 0 Å². The molecule has 0 spiro atoms. The molecule has 0 aliphatic heterocycles. The molecule has 13 heavy (non-hydrogen) atoms. The van der Waals surface area contributed by atoms with Gasteiger partial charge in [-0.15, -0.1) is 0 Å². The molecule has 1 aromatic carbocycles. The summed E-state index contributed by atoms with van der Waals surface area (Å²) >= 11 is 0. The van der Waals surface area contributed by atoms with Crippen molar-refractivity contribution < 1.29 is 20.1 Å². The van der Waals surface area contributed by atoms with Gasteiger partial charge in [0.2, 0.25) is 0 Å². The molecule has 1 aromatic rings. The zero-order valence-electron chi connectivity index (χ0n) is 6.84. The van der Waals surface area contributed by atoms with Gasteiger partial charge in [-0.05, 0) is 17.7 Å². The molecule has 3 N–H and O–H groups in total. The molecule has 0 fully saturated rings. The van der Waals surface area contributed by atoms with Crippen LogP contribution in [0.25, 0.3) is 0 Å². The van der Waals surface area contributed by atoms with Crippen molar-refractivity contribution in [1.29, 1.82) is 0 Å². The second-order valence-corrected chi connectivity index (χ2v) is 2.71. The first-order valence-corrected chi connectivity index (χ1v) is 3.78. The highest BCUT2D eigenvalue weighted by atomic mass is 16.4. The van der Waals surface area contributed by atoms with Crippen LogP contribution in [0.15, 0.2) is 24.3 Å². The summed E-state index contributed by atoms with van der Waals surface area (Å²) in [7, 11) is 0. The van der Waals surface area contributed by atoms with E-state index < -0.39 is 12.1 Å². The summed E-state index contributed by atoms with van der Waals surface area (Å²) in [5, 5.41) is 26.8. The molecule has 4 heteroatoms. The SMILES string of the molecule is O=C(O)CC(O)c1cccc(O)c1. The number of carbonyl (C=O) groups is 1. The summed E-state index contributed by atoms with van der Waals surface area (Å²) < 4.78 is 0. The molecule has 1 unspecified atom stereocenters. The lowest BCUT2D eigenvalue weighted by atomic mass is 10.1. The number of aliphatic hydroxyl groups excluding tert-OH is 1. The van der Waals surface area contributed by atoms with Gasteiger partial charge < -0.3 is 15.3 Å². The van der Waals surface area contributed by atoms with Crippen molar-refractivity contribution in [2.45, 2.75) is 12.5 Å². The predicted molar refractivity (Wildman–Crippen MR) is 45.3 cm³/mol. The molecule has 0 saturated heterocycles. The lowest BCUT2D eigenvalue weighted by molar-refractivity contribution is -0.139. The number of aromatic hydroxyl groups is 1. The van der Waals surface area contributed by atoms with E-state index in [-0.39, 0.29) is 12.2 Å². The number of hydrogen-bond donors (Lipinski definition) is 3. The van der Waals surface area contributed by atoms with Gasteiger partial charge in [0.05, 0.1) is 12.5 Å². The molecule has 0 heterocycles. The van der Waals surface area contributed by atoms with E-state index in [0.29, 0.717) is 5.56 Å². The van der Waals surface area contributed by atoms with Gasteiger partial charge in [0.25, 0.3) is 0 Å². The molecule has 0 aliphatic carbocycles. The van der Waals surface area contributed by atoms with Crippen molar-refractivity contribution in [2.75, 3.05) is 0 Å². The topological polar surface area (TPSA) is 77.8 Å². The minimum absolute atomic E-state index is 0.0157. The van der Waals surface area contributed by atoms with Crippen LogP contribution in [-0.4, -0.2) is 21.3 Å². The van der Waals surface area contributed by atoms with E-state index in [1.165, 1.54) is 12.1 Å². The number of hydrogen-bond acceptors (Lipinski definition) is 3. The monoisotopic (exact) mass is 182 g/mol. The molecule has 1 atom stereocenters. The number of carboxylic acids is 1.